The Balaban J connectivity index is 1.77. The molecule has 1 aliphatic heterocycles. The number of hydrogen-bond acceptors (Lipinski definition) is 7. The molecule has 1 aromatic heterocycles. The molecule has 0 aliphatic carbocycles. The lowest BCUT2D eigenvalue weighted by molar-refractivity contribution is 0.183. The molecule has 0 fully saturated rings. The highest BCUT2D eigenvalue weighted by atomic mass is 32.1. The number of nitrogens with one attached hydrogen (secondary N) is 1. The van der Waals surface area contributed by atoms with Crippen molar-refractivity contribution < 1.29 is 23.1 Å². The van der Waals surface area contributed by atoms with E-state index >= 15 is 0 Å². The highest BCUT2D eigenvalue weighted by Gasteiger charge is 2.34. The van der Waals surface area contributed by atoms with Gasteiger partial charge in [0.15, 0.2) is 16.7 Å². The Bertz CT molecular complexity index is 1210. The molecule has 0 radical (unpaired) electrons. The van der Waals surface area contributed by atoms with E-state index in [1.54, 1.807) is 20.3 Å². The third kappa shape index (κ3) is 4.59. The SMILES string of the molecule is COCCN1C(=S)NC(c2ccc(OC)cc2)C(c2nc(-c3ccc(OC)c(F)c3)no2)=C1C. The maximum atomic E-state index is 14.2. The van der Waals surface area contributed by atoms with E-state index in [1.165, 1.54) is 19.2 Å². The molecular formula is C24H25FN4O4S. The molecule has 0 saturated carbocycles. The zero-order valence-electron chi connectivity index (χ0n) is 19.3. The maximum Gasteiger partial charge on any atom is 0.258 e. The van der Waals surface area contributed by atoms with Crippen LogP contribution in [0.5, 0.6) is 11.5 Å². The molecule has 1 N–H and O–H groups in total. The van der Waals surface area contributed by atoms with E-state index in [-0.39, 0.29) is 17.6 Å². The van der Waals surface area contributed by atoms with Gasteiger partial charge in [-0.15, -0.1) is 0 Å². The van der Waals surface area contributed by atoms with E-state index in [4.69, 9.17) is 31.0 Å². The molecule has 34 heavy (non-hydrogen) atoms. The standard InChI is InChI=1S/C24H25FN4O4S/c1-14-20(23-27-22(28-33-23)16-7-10-19(32-4)18(25)13-16)21(15-5-8-17(31-3)9-6-15)26-24(34)29(14)11-12-30-2/h5-10,13,21H,11-12H2,1-4H3,(H,26,34). The van der Waals surface area contributed by atoms with E-state index in [9.17, 15) is 4.39 Å². The van der Waals surface area contributed by atoms with Crippen LogP contribution >= 0.6 is 12.2 Å². The minimum Gasteiger partial charge on any atom is -0.497 e. The summed E-state index contributed by atoms with van der Waals surface area (Å²) in [6.45, 7) is 2.99. The summed E-state index contributed by atoms with van der Waals surface area (Å²) in [6, 6.07) is 11.8. The number of ether oxygens (including phenoxy) is 3. The lowest BCUT2D eigenvalue weighted by atomic mass is 9.94. The van der Waals surface area contributed by atoms with Crippen LogP contribution in [0.25, 0.3) is 17.0 Å². The molecule has 1 unspecified atom stereocenters. The molecule has 10 heteroatoms. The molecular weight excluding hydrogens is 459 g/mol. The number of thiocarbonyl (C=S) groups is 1. The van der Waals surface area contributed by atoms with Crippen LogP contribution in [0, 0.1) is 5.82 Å². The van der Waals surface area contributed by atoms with Crippen LogP contribution in [0.1, 0.15) is 24.4 Å². The number of rotatable bonds is 8. The number of aromatic nitrogens is 2. The van der Waals surface area contributed by atoms with Crippen LogP contribution in [0.15, 0.2) is 52.7 Å². The Labute approximate surface area is 202 Å². The van der Waals surface area contributed by atoms with Crippen molar-refractivity contribution in [2.45, 2.75) is 13.0 Å². The fourth-order valence-electron chi connectivity index (χ4n) is 3.81. The largest absolute Gasteiger partial charge is 0.497 e. The minimum atomic E-state index is -0.506. The predicted molar refractivity (Wildman–Crippen MR) is 129 cm³/mol. The molecule has 178 valence electrons. The molecule has 0 spiro atoms. The Kier molecular flexibility index (Phi) is 7.09. The maximum absolute atomic E-state index is 14.2. The van der Waals surface area contributed by atoms with Crippen LogP contribution in [0.2, 0.25) is 0 Å². The number of hydrogen-bond donors (Lipinski definition) is 1. The van der Waals surface area contributed by atoms with Crippen LogP contribution in [-0.4, -0.2) is 54.6 Å². The third-order valence-corrected chi connectivity index (χ3v) is 5.97. The smallest absolute Gasteiger partial charge is 0.258 e. The summed E-state index contributed by atoms with van der Waals surface area (Å²) in [5.74, 6) is 0.953. The Morgan fingerprint density at radius 3 is 2.53 bits per heavy atom. The van der Waals surface area contributed by atoms with Crippen molar-refractivity contribution in [2.24, 2.45) is 0 Å². The summed E-state index contributed by atoms with van der Waals surface area (Å²) in [4.78, 5) is 6.53. The van der Waals surface area contributed by atoms with Gasteiger partial charge in [-0.25, -0.2) is 4.39 Å². The molecule has 1 aliphatic rings. The van der Waals surface area contributed by atoms with Crippen molar-refractivity contribution in [1.29, 1.82) is 0 Å². The fourth-order valence-corrected chi connectivity index (χ4v) is 4.16. The van der Waals surface area contributed by atoms with E-state index in [2.05, 4.69) is 15.5 Å². The number of benzene rings is 2. The van der Waals surface area contributed by atoms with Gasteiger partial charge >= 0.3 is 0 Å². The van der Waals surface area contributed by atoms with Crippen molar-refractivity contribution in [3.05, 3.63) is 65.4 Å². The van der Waals surface area contributed by atoms with E-state index in [0.717, 1.165) is 22.6 Å². The molecule has 4 rings (SSSR count). The first kappa shape index (κ1) is 23.7. The molecule has 8 nitrogen and oxygen atoms in total. The number of methoxy groups -OCH3 is 3. The molecule has 1 atom stereocenters. The summed E-state index contributed by atoms with van der Waals surface area (Å²) in [5, 5.41) is 8.05. The van der Waals surface area contributed by atoms with Gasteiger partial charge in [0.2, 0.25) is 5.82 Å². The fraction of sp³-hybridized carbons (Fsp3) is 0.292. The van der Waals surface area contributed by atoms with Crippen molar-refractivity contribution in [1.82, 2.24) is 20.4 Å². The number of allylic oxidation sites excluding steroid dienone is 1. The Morgan fingerprint density at radius 2 is 1.88 bits per heavy atom. The first-order chi connectivity index (χ1) is 16.5. The van der Waals surface area contributed by atoms with Crippen molar-refractivity contribution in [2.75, 3.05) is 34.5 Å². The van der Waals surface area contributed by atoms with Gasteiger partial charge in [-0.05, 0) is 55.0 Å². The lowest BCUT2D eigenvalue weighted by Crippen LogP contribution is -2.47. The predicted octanol–water partition coefficient (Wildman–Crippen LogP) is 4.20. The average Bonchev–Trinajstić information content (AvgIpc) is 3.33. The van der Waals surface area contributed by atoms with Crippen molar-refractivity contribution in [3.8, 4) is 22.9 Å². The zero-order chi connectivity index (χ0) is 24.2. The first-order valence-electron chi connectivity index (χ1n) is 10.6. The molecule has 2 aromatic carbocycles. The highest BCUT2D eigenvalue weighted by molar-refractivity contribution is 7.80. The van der Waals surface area contributed by atoms with Gasteiger partial charge in [0, 0.05) is 24.9 Å². The van der Waals surface area contributed by atoms with Gasteiger partial charge in [0.1, 0.15) is 5.75 Å². The minimum absolute atomic E-state index is 0.143. The van der Waals surface area contributed by atoms with Gasteiger partial charge in [-0.1, -0.05) is 17.3 Å². The van der Waals surface area contributed by atoms with E-state index < -0.39 is 5.82 Å². The molecule has 3 aromatic rings. The van der Waals surface area contributed by atoms with Gasteiger partial charge in [0.25, 0.3) is 5.89 Å². The summed E-state index contributed by atoms with van der Waals surface area (Å²) < 4.78 is 35.4. The highest BCUT2D eigenvalue weighted by Crippen LogP contribution is 2.38. The van der Waals surface area contributed by atoms with Gasteiger partial charge < -0.3 is 29.0 Å². The molecule has 0 amide bonds. The first-order valence-corrected chi connectivity index (χ1v) is 11.0. The number of nitrogens with zero attached hydrogens (tertiary/aromatic N) is 3. The monoisotopic (exact) mass is 484 g/mol. The average molecular weight is 485 g/mol. The molecule has 0 bridgehead atoms. The second-order valence-corrected chi connectivity index (χ2v) is 7.96. The lowest BCUT2D eigenvalue weighted by Gasteiger charge is -2.37. The van der Waals surface area contributed by atoms with Crippen molar-refractivity contribution >= 4 is 22.9 Å². The number of halogens is 1. The summed E-state index contributed by atoms with van der Waals surface area (Å²) in [7, 11) is 4.67. The summed E-state index contributed by atoms with van der Waals surface area (Å²) in [6.07, 6.45) is 0. The Hall–Kier alpha value is -3.50. The summed E-state index contributed by atoms with van der Waals surface area (Å²) >= 11 is 5.65. The molecule has 2 heterocycles. The Morgan fingerprint density at radius 1 is 1.12 bits per heavy atom. The normalized spacial score (nSPS) is 16.0. The van der Waals surface area contributed by atoms with Crippen molar-refractivity contribution in [3.63, 3.8) is 0 Å². The van der Waals surface area contributed by atoms with Gasteiger partial charge in [-0.2, -0.15) is 4.98 Å². The van der Waals surface area contributed by atoms with E-state index in [1.807, 2.05) is 36.1 Å². The van der Waals surface area contributed by atoms with E-state index in [0.29, 0.717) is 29.7 Å². The third-order valence-electron chi connectivity index (χ3n) is 5.63. The quantitative estimate of drug-likeness (QED) is 0.473. The van der Waals surface area contributed by atoms with Crippen LogP contribution in [0.4, 0.5) is 4.39 Å². The second-order valence-electron chi connectivity index (χ2n) is 7.57. The molecule has 0 saturated heterocycles. The van der Waals surface area contributed by atoms with Gasteiger partial charge in [0.05, 0.1) is 32.4 Å². The zero-order valence-corrected chi connectivity index (χ0v) is 20.1. The van der Waals surface area contributed by atoms with Crippen LogP contribution in [0.3, 0.4) is 0 Å². The topological polar surface area (TPSA) is 81.9 Å². The van der Waals surface area contributed by atoms with Gasteiger partial charge in [-0.3, -0.25) is 0 Å². The van der Waals surface area contributed by atoms with Crippen LogP contribution in [-0.2, 0) is 4.74 Å². The summed E-state index contributed by atoms with van der Waals surface area (Å²) in [5.41, 5.74) is 3.04. The second kappa shape index (κ2) is 10.2. The van der Waals surface area contributed by atoms with Crippen LogP contribution < -0.4 is 14.8 Å².